The van der Waals surface area contributed by atoms with Gasteiger partial charge < -0.3 is 15.2 Å². The molecule has 0 spiro atoms. The first-order chi connectivity index (χ1) is 5.20. The van der Waals surface area contributed by atoms with Gasteiger partial charge in [-0.05, 0) is 19.9 Å². The van der Waals surface area contributed by atoms with Gasteiger partial charge in [0, 0.05) is 6.42 Å². The van der Waals surface area contributed by atoms with Crippen LogP contribution in [0.1, 0.15) is 19.3 Å². The monoisotopic (exact) mass is 159 g/mol. The topological polar surface area (TPSA) is 66.4 Å². The minimum atomic E-state index is -0.814. The van der Waals surface area contributed by atoms with E-state index in [1.54, 1.807) is 7.05 Å². The molecule has 2 N–H and O–H groups in total. The highest BCUT2D eigenvalue weighted by Crippen LogP contribution is 1.98. The molecule has 0 aromatic rings. The Hall–Kier alpha value is -0.900. The van der Waals surface area contributed by atoms with Crippen LogP contribution in [0.3, 0.4) is 0 Å². The van der Waals surface area contributed by atoms with Gasteiger partial charge in [0.1, 0.15) is 6.29 Å². The van der Waals surface area contributed by atoms with E-state index in [9.17, 15) is 9.59 Å². The summed E-state index contributed by atoms with van der Waals surface area (Å²) < 4.78 is 0. The fourth-order valence-electron chi connectivity index (χ4n) is 0.754. The lowest BCUT2D eigenvalue weighted by Crippen LogP contribution is -2.26. The van der Waals surface area contributed by atoms with Crippen LogP contribution in [-0.2, 0) is 9.59 Å². The summed E-state index contributed by atoms with van der Waals surface area (Å²) in [6.07, 6.45) is 2.06. The summed E-state index contributed by atoms with van der Waals surface area (Å²) >= 11 is 0. The summed E-state index contributed by atoms with van der Waals surface area (Å²) in [5, 5.41) is 11.0. The summed E-state index contributed by atoms with van der Waals surface area (Å²) in [6, 6.07) is -0.200. The van der Waals surface area contributed by atoms with E-state index in [2.05, 4.69) is 5.32 Å². The van der Waals surface area contributed by atoms with Crippen LogP contribution in [0.2, 0.25) is 0 Å². The highest BCUT2D eigenvalue weighted by atomic mass is 16.4. The normalized spacial score (nSPS) is 12.5. The number of aldehydes is 1. The number of carbonyl (C=O) groups is 2. The molecule has 1 unspecified atom stereocenters. The van der Waals surface area contributed by atoms with Gasteiger partial charge in [-0.3, -0.25) is 4.79 Å². The van der Waals surface area contributed by atoms with E-state index in [0.29, 0.717) is 12.8 Å². The zero-order valence-corrected chi connectivity index (χ0v) is 6.54. The fourth-order valence-corrected chi connectivity index (χ4v) is 0.754. The molecule has 0 rings (SSSR count). The molecule has 0 aromatic heterocycles. The first-order valence-corrected chi connectivity index (χ1v) is 3.55. The zero-order valence-electron chi connectivity index (χ0n) is 6.54. The van der Waals surface area contributed by atoms with Crippen LogP contribution in [-0.4, -0.2) is 30.5 Å². The van der Waals surface area contributed by atoms with Crippen LogP contribution in [0.15, 0.2) is 0 Å². The Balaban J connectivity index is 3.35. The lowest BCUT2D eigenvalue weighted by molar-refractivity contribution is -0.137. The Labute approximate surface area is 65.6 Å². The van der Waals surface area contributed by atoms with Crippen molar-refractivity contribution in [1.29, 1.82) is 0 Å². The van der Waals surface area contributed by atoms with Gasteiger partial charge in [0.05, 0.1) is 6.04 Å². The first kappa shape index (κ1) is 10.1. The van der Waals surface area contributed by atoms with Crippen molar-refractivity contribution in [3.8, 4) is 0 Å². The molecule has 0 aliphatic heterocycles. The Kier molecular flexibility index (Phi) is 5.37. The van der Waals surface area contributed by atoms with Crippen molar-refractivity contribution in [2.24, 2.45) is 0 Å². The van der Waals surface area contributed by atoms with Crippen molar-refractivity contribution in [2.75, 3.05) is 7.05 Å². The number of carboxylic acids is 1. The molecule has 4 heteroatoms. The van der Waals surface area contributed by atoms with Gasteiger partial charge in [0.15, 0.2) is 0 Å². The Morgan fingerprint density at radius 3 is 2.73 bits per heavy atom. The largest absolute Gasteiger partial charge is 0.481 e. The molecule has 0 aromatic carbocycles. The summed E-state index contributed by atoms with van der Waals surface area (Å²) in [7, 11) is 1.68. The van der Waals surface area contributed by atoms with Crippen molar-refractivity contribution in [3.05, 3.63) is 0 Å². The number of likely N-dealkylation sites (N-methyl/N-ethyl adjacent to an activating group) is 1. The smallest absolute Gasteiger partial charge is 0.303 e. The fraction of sp³-hybridized carbons (Fsp3) is 0.714. The molecule has 0 aliphatic carbocycles. The SMILES string of the molecule is CNC(C=O)CCCC(=O)O. The van der Waals surface area contributed by atoms with E-state index >= 15 is 0 Å². The Morgan fingerprint density at radius 1 is 1.73 bits per heavy atom. The quantitative estimate of drug-likeness (QED) is 0.536. The molecule has 4 nitrogen and oxygen atoms in total. The standard InChI is InChI=1S/C7H13NO3/c1-8-6(5-9)3-2-4-7(10)11/h5-6,8H,2-4H2,1H3,(H,10,11). The lowest BCUT2D eigenvalue weighted by Gasteiger charge is -2.05. The van der Waals surface area contributed by atoms with Crippen LogP contribution in [0.25, 0.3) is 0 Å². The highest BCUT2D eigenvalue weighted by molar-refractivity contribution is 5.66. The number of hydrogen-bond acceptors (Lipinski definition) is 3. The molecule has 1 atom stereocenters. The Bertz CT molecular complexity index is 136. The molecular formula is C7H13NO3. The third kappa shape index (κ3) is 5.54. The van der Waals surface area contributed by atoms with E-state index in [0.717, 1.165) is 6.29 Å². The molecule has 0 saturated carbocycles. The molecular weight excluding hydrogens is 146 g/mol. The van der Waals surface area contributed by atoms with Gasteiger partial charge in [-0.25, -0.2) is 0 Å². The first-order valence-electron chi connectivity index (χ1n) is 3.55. The molecule has 0 aliphatic rings. The molecule has 0 saturated heterocycles. The second kappa shape index (κ2) is 5.85. The minimum Gasteiger partial charge on any atom is -0.481 e. The van der Waals surface area contributed by atoms with Crippen LogP contribution >= 0.6 is 0 Å². The number of carboxylic acid groups (broad SMARTS) is 1. The number of nitrogens with one attached hydrogen (secondary N) is 1. The maximum atomic E-state index is 10.2. The van der Waals surface area contributed by atoms with E-state index in [-0.39, 0.29) is 12.5 Å². The van der Waals surface area contributed by atoms with Crippen LogP contribution in [0.4, 0.5) is 0 Å². The van der Waals surface area contributed by atoms with Crippen LogP contribution < -0.4 is 5.32 Å². The number of hydrogen-bond donors (Lipinski definition) is 2. The molecule has 0 bridgehead atoms. The number of rotatable bonds is 6. The van der Waals surface area contributed by atoms with Crippen LogP contribution in [0.5, 0.6) is 0 Å². The predicted octanol–water partition coefficient (Wildman–Crippen LogP) is 0.0282. The van der Waals surface area contributed by atoms with Gasteiger partial charge in [0.2, 0.25) is 0 Å². The predicted molar refractivity (Wildman–Crippen MR) is 40.4 cm³/mol. The van der Waals surface area contributed by atoms with Crippen molar-refractivity contribution in [3.63, 3.8) is 0 Å². The van der Waals surface area contributed by atoms with Gasteiger partial charge in [-0.1, -0.05) is 0 Å². The van der Waals surface area contributed by atoms with Gasteiger partial charge in [-0.2, -0.15) is 0 Å². The molecule has 0 radical (unpaired) electrons. The number of carbonyl (C=O) groups excluding carboxylic acids is 1. The van der Waals surface area contributed by atoms with Gasteiger partial charge in [-0.15, -0.1) is 0 Å². The Morgan fingerprint density at radius 2 is 2.36 bits per heavy atom. The molecule has 0 amide bonds. The van der Waals surface area contributed by atoms with E-state index in [4.69, 9.17) is 5.11 Å². The maximum Gasteiger partial charge on any atom is 0.303 e. The second-order valence-corrected chi connectivity index (χ2v) is 2.32. The summed E-state index contributed by atoms with van der Waals surface area (Å²) in [5.74, 6) is -0.814. The molecule has 0 fully saturated rings. The summed E-state index contributed by atoms with van der Waals surface area (Å²) in [4.78, 5) is 20.3. The molecule has 64 valence electrons. The minimum absolute atomic E-state index is 0.131. The van der Waals surface area contributed by atoms with Crippen molar-refractivity contribution in [1.82, 2.24) is 5.32 Å². The summed E-state index contributed by atoms with van der Waals surface area (Å²) in [5.41, 5.74) is 0. The third-order valence-electron chi connectivity index (χ3n) is 1.44. The van der Waals surface area contributed by atoms with Crippen molar-refractivity contribution in [2.45, 2.75) is 25.3 Å². The zero-order chi connectivity index (χ0) is 8.69. The van der Waals surface area contributed by atoms with E-state index in [1.165, 1.54) is 0 Å². The van der Waals surface area contributed by atoms with Crippen molar-refractivity contribution < 1.29 is 14.7 Å². The van der Waals surface area contributed by atoms with E-state index < -0.39 is 5.97 Å². The molecule has 0 heterocycles. The van der Waals surface area contributed by atoms with Crippen LogP contribution in [0, 0.1) is 0 Å². The second-order valence-electron chi connectivity index (χ2n) is 2.32. The van der Waals surface area contributed by atoms with E-state index in [1.807, 2.05) is 0 Å². The third-order valence-corrected chi connectivity index (χ3v) is 1.44. The van der Waals surface area contributed by atoms with Gasteiger partial charge >= 0.3 is 5.97 Å². The maximum absolute atomic E-state index is 10.2. The lowest BCUT2D eigenvalue weighted by atomic mass is 10.1. The van der Waals surface area contributed by atoms with Crippen molar-refractivity contribution >= 4 is 12.3 Å². The molecule has 11 heavy (non-hydrogen) atoms. The number of aliphatic carboxylic acids is 1. The average Bonchev–Trinajstić information content (AvgIpc) is 1.98. The average molecular weight is 159 g/mol. The highest BCUT2D eigenvalue weighted by Gasteiger charge is 2.04. The summed E-state index contributed by atoms with van der Waals surface area (Å²) in [6.45, 7) is 0. The van der Waals surface area contributed by atoms with Gasteiger partial charge in [0.25, 0.3) is 0 Å².